The Morgan fingerprint density at radius 2 is 1.83 bits per heavy atom. The van der Waals surface area contributed by atoms with Crippen LogP contribution in [0.4, 0.5) is 0 Å². The number of hydrogen-bond donors (Lipinski definition) is 2. The van der Waals surface area contributed by atoms with Crippen LogP contribution in [0.5, 0.6) is 0 Å². The molecule has 2 saturated heterocycles. The van der Waals surface area contributed by atoms with Crippen LogP contribution in [-0.2, 0) is 17.9 Å². The zero-order valence-electron chi connectivity index (χ0n) is 14.7. The average molecular weight is 329 g/mol. The quantitative estimate of drug-likeness (QED) is 0.808. The Kier molecular flexibility index (Phi) is 6.67. The van der Waals surface area contributed by atoms with E-state index in [2.05, 4.69) is 39.8 Å². The molecule has 0 bridgehead atoms. The summed E-state index contributed by atoms with van der Waals surface area (Å²) in [6, 6.07) is 9.26. The summed E-state index contributed by atoms with van der Waals surface area (Å²) in [4.78, 5) is 14.5. The normalized spacial score (nSPS) is 21.8. The van der Waals surface area contributed by atoms with Gasteiger partial charge in [0.25, 0.3) is 0 Å². The lowest BCUT2D eigenvalue weighted by atomic mass is 10.1. The molecule has 1 aromatic carbocycles. The van der Waals surface area contributed by atoms with Crippen LogP contribution in [0.25, 0.3) is 0 Å². The van der Waals surface area contributed by atoms with Crippen LogP contribution < -0.4 is 10.6 Å². The number of carbonyl (C=O) groups excluding carboxylic acids is 1. The maximum absolute atomic E-state index is 12.0. The van der Waals surface area contributed by atoms with Crippen molar-refractivity contribution in [3.05, 3.63) is 35.4 Å². The zero-order valence-corrected chi connectivity index (χ0v) is 14.7. The summed E-state index contributed by atoms with van der Waals surface area (Å²) in [5.74, 6) is 0.168. The van der Waals surface area contributed by atoms with Gasteiger partial charge < -0.3 is 10.6 Å². The van der Waals surface area contributed by atoms with Gasteiger partial charge in [0.2, 0.25) is 5.91 Å². The number of nitrogens with zero attached hydrogens (tertiary/aromatic N) is 1. The van der Waals surface area contributed by atoms with Crippen molar-refractivity contribution in [1.29, 1.82) is 0 Å². The molecule has 2 aliphatic rings. The summed E-state index contributed by atoms with van der Waals surface area (Å²) in [6.07, 6.45) is 8.10. The topological polar surface area (TPSA) is 44.4 Å². The molecule has 1 unspecified atom stereocenters. The highest BCUT2D eigenvalue weighted by Crippen LogP contribution is 2.14. The lowest BCUT2D eigenvalue weighted by Crippen LogP contribution is -2.29. The molecule has 1 atom stereocenters. The SMILES string of the molecule is O=C(CCC1CCCN1)NCc1ccc(CN2CCCCC2)cc1. The van der Waals surface area contributed by atoms with Crippen LogP contribution in [0, 0.1) is 0 Å². The van der Waals surface area contributed by atoms with Crippen LogP contribution >= 0.6 is 0 Å². The van der Waals surface area contributed by atoms with E-state index in [-0.39, 0.29) is 5.91 Å². The third-order valence-electron chi connectivity index (χ3n) is 5.25. The molecule has 2 fully saturated rings. The van der Waals surface area contributed by atoms with Gasteiger partial charge in [-0.2, -0.15) is 0 Å². The molecule has 4 heteroatoms. The largest absolute Gasteiger partial charge is 0.352 e. The minimum atomic E-state index is 0.168. The Morgan fingerprint density at radius 3 is 2.54 bits per heavy atom. The Balaban J connectivity index is 1.36. The van der Waals surface area contributed by atoms with Gasteiger partial charge >= 0.3 is 0 Å². The second kappa shape index (κ2) is 9.19. The second-order valence-electron chi connectivity index (χ2n) is 7.26. The van der Waals surface area contributed by atoms with E-state index in [1.165, 1.54) is 56.3 Å². The van der Waals surface area contributed by atoms with E-state index in [1.54, 1.807) is 0 Å². The van der Waals surface area contributed by atoms with Crippen molar-refractivity contribution in [2.75, 3.05) is 19.6 Å². The molecular weight excluding hydrogens is 298 g/mol. The highest BCUT2D eigenvalue weighted by atomic mass is 16.1. The van der Waals surface area contributed by atoms with E-state index in [1.807, 2.05) is 0 Å². The third kappa shape index (κ3) is 5.60. The Labute approximate surface area is 146 Å². The minimum absolute atomic E-state index is 0.168. The van der Waals surface area contributed by atoms with Crippen molar-refractivity contribution in [2.45, 2.75) is 64.1 Å². The predicted octanol–water partition coefficient (Wildman–Crippen LogP) is 2.82. The molecule has 2 aliphatic heterocycles. The highest BCUT2D eigenvalue weighted by molar-refractivity contribution is 5.75. The summed E-state index contributed by atoms with van der Waals surface area (Å²) < 4.78 is 0. The van der Waals surface area contributed by atoms with Crippen molar-refractivity contribution >= 4 is 5.91 Å². The number of hydrogen-bond acceptors (Lipinski definition) is 3. The standard InChI is InChI=1S/C20H31N3O/c24-20(11-10-19-5-4-12-21-19)22-15-17-6-8-18(9-7-17)16-23-13-2-1-3-14-23/h6-9,19,21H,1-5,10-16H2,(H,22,24). The summed E-state index contributed by atoms with van der Waals surface area (Å²) in [6.45, 7) is 5.26. The van der Waals surface area contributed by atoms with Crippen LogP contribution in [0.2, 0.25) is 0 Å². The minimum Gasteiger partial charge on any atom is -0.352 e. The lowest BCUT2D eigenvalue weighted by Gasteiger charge is -2.26. The number of rotatable bonds is 7. The Morgan fingerprint density at radius 1 is 1.08 bits per heavy atom. The predicted molar refractivity (Wildman–Crippen MR) is 97.7 cm³/mol. The van der Waals surface area contributed by atoms with Gasteiger partial charge in [0.15, 0.2) is 0 Å². The highest BCUT2D eigenvalue weighted by Gasteiger charge is 2.15. The molecule has 0 aliphatic carbocycles. The molecule has 132 valence electrons. The zero-order chi connectivity index (χ0) is 16.6. The molecule has 4 nitrogen and oxygen atoms in total. The fraction of sp³-hybridized carbons (Fsp3) is 0.650. The molecule has 2 N–H and O–H groups in total. The Bertz CT molecular complexity index is 502. The first kappa shape index (κ1) is 17.4. The fourth-order valence-electron chi connectivity index (χ4n) is 3.74. The molecule has 2 heterocycles. The number of carbonyl (C=O) groups is 1. The number of likely N-dealkylation sites (tertiary alicyclic amines) is 1. The molecule has 24 heavy (non-hydrogen) atoms. The van der Waals surface area contributed by atoms with Crippen molar-refractivity contribution in [3.8, 4) is 0 Å². The first-order valence-corrected chi connectivity index (χ1v) is 9.60. The van der Waals surface area contributed by atoms with E-state index in [4.69, 9.17) is 0 Å². The fourth-order valence-corrected chi connectivity index (χ4v) is 3.74. The first-order valence-electron chi connectivity index (χ1n) is 9.60. The van der Waals surface area contributed by atoms with Gasteiger partial charge in [0, 0.05) is 25.6 Å². The van der Waals surface area contributed by atoms with Crippen LogP contribution in [0.1, 0.15) is 56.1 Å². The van der Waals surface area contributed by atoms with Crippen molar-refractivity contribution in [3.63, 3.8) is 0 Å². The smallest absolute Gasteiger partial charge is 0.220 e. The maximum Gasteiger partial charge on any atom is 0.220 e. The van der Waals surface area contributed by atoms with Gasteiger partial charge in [-0.05, 0) is 62.9 Å². The summed E-state index contributed by atoms with van der Waals surface area (Å²) in [7, 11) is 0. The lowest BCUT2D eigenvalue weighted by molar-refractivity contribution is -0.121. The number of piperidine rings is 1. The van der Waals surface area contributed by atoms with Gasteiger partial charge in [-0.25, -0.2) is 0 Å². The summed E-state index contributed by atoms with van der Waals surface area (Å²) in [5, 5.41) is 6.49. The van der Waals surface area contributed by atoms with Gasteiger partial charge in [-0.15, -0.1) is 0 Å². The molecule has 1 amide bonds. The first-order chi connectivity index (χ1) is 11.8. The molecule has 1 aromatic rings. The second-order valence-corrected chi connectivity index (χ2v) is 7.26. The van der Waals surface area contributed by atoms with Gasteiger partial charge in [-0.3, -0.25) is 9.69 Å². The van der Waals surface area contributed by atoms with E-state index in [0.29, 0.717) is 19.0 Å². The maximum atomic E-state index is 12.0. The van der Waals surface area contributed by atoms with Crippen molar-refractivity contribution in [1.82, 2.24) is 15.5 Å². The molecule has 3 rings (SSSR count). The van der Waals surface area contributed by atoms with Gasteiger partial charge in [0.1, 0.15) is 0 Å². The van der Waals surface area contributed by atoms with E-state index in [0.717, 1.165) is 19.5 Å². The number of amides is 1. The molecule has 0 aromatic heterocycles. The van der Waals surface area contributed by atoms with Crippen molar-refractivity contribution in [2.24, 2.45) is 0 Å². The molecule has 0 spiro atoms. The van der Waals surface area contributed by atoms with Crippen LogP contribution in [0.3, 0.4) is 0 Å². The molecular formula is C20H31N3O. The van der Waals surface area contributed by atoms with E-state index >= 15 is 0 Å². The van der Waals surface area contributed by atoms with E-state index < -0.39 is 0 Å². The van der Waals surface area contributed by atoms with Gasteiger partial charge in [-0.1, -0.05) is 30.7 Å². The number of benzene rings is 1. The van der Waals surface area contributed by atoms with Crippen LogP contribution in [-0.4, -0.2) is 36.5 Å². The van der Waals surface area contributed by atoms with E-state index in [9.17, 15) is 4.79 Å². The number of nitrogens with one attached hydrogen (secondary N) is 2. The van der Waals surface area contributed by atoms with Crippen LogP contribution in [0.15, 0.2) is 24.3 Å². The summed E-state index contributed by atoms with van der Waals surface area (Å²) in [5.41, 5.74) is 2.56. The molecule has 0 saturated carbocycles. The average Bonchev–Trinajstić information content (AvgIpc) is 3.14. The summed E-state index contributed by atoms with van der Waals surface area (Å²) >= 11 is 0. The third-order valence-corrected chi connectivity index (χ3v) is 5.25. The molecule has 0 radical (unpaired) electrons. The van der Waals surface area contributed by atoms with Gasteiger partial charge in [0.05, 0.1) is 0 Å². The Hall–Kier alpha value is -1.39. The monoisotopic (exact) mass is 329 g/mol. The van der Waals surface area contributed by atoms with Crippen molar-refractivity contribution < 1.29 is 4.79 Å².